The van der Waals surface area contributed by atoms with E-state index in [0.717, 1.165) is 37.2 Å². The second-order valence-electron chi connectivity index (χ2n) is 6.18. The highest BCUT2D eigenvalue weighted by atomic mass is 35.5. The average molecular weight is 316 g/mol. The van der Waals surface area contributed by atoms with Crippen molar-refractivity contribution in [2.75, 3.05) is 6.54 Å². The van der Waals surface area contributed by atoms with Crippen LogP contribution in [0.4, 0.5) is 0 Å². The summed E-state index contributed by atoms with van der Waals surface area (Å²) >= 11 is 12.2. The first kappa shape index (κ1) is 16.1. The Morgan fingerprint density at radius 3 is 2.65 bits per heavy atom. The van der Waals surface area contributed by atoms with Crippen molar-refractivity contribution in [3.05, 3.63) is 33.8 Å². The Balaban J connectivity index is 1.95. The fourth-order valence-corrected chi connectivity index (χ4v) is 3.24. The molecule has 1 aromatic carbocycles. The molecule has 0 aliphatic heterocycles. The van der Waals surface area contributed by atoms with E-state index in [4.69, 9.17) is 23.2 Å². The normalized spacial score (nSPS) is 28.4. The molecule has 1 saturated carbocycles. The molecule has 0 aromatic heterocycles. The molecule has 1 fully saturated rings. The SMILES string of the molecule is CC1CCC(O)(CNC(C)c2cc(Cl)ccc2Cl)CC1. The van der Waals surface area contributed by atoms with Gasteiger partial charge in [0.25, 0.3) is 0 Å². The minimum absolute atomic E-state index is 0.0737. The monoisotopic (exact) mass is 315 g/mol. The van der Waals surface area contributed by atoms with Crippen molar-refractivity contribution in [1.82, 2.24) is 5.32 Å². The van der Waals surface area contributed by atoms with Gasteiger partial charge < -0.3 is 10.4 Å². The van der Waals surface area contributed by atoms with Gasteiger partial charge in [0.1, 0.15) is 0 Å². The molecule has 4 heteroatoms. The van der Waals surface area contributed by atoms with E-state index < -0.39 is 5.60 Å². The first-order valence-electron chi connectivity index (χ1n) is 7.30. The summed E-state index contributed by atoms with van der Waals surface area (Å²) < 4.78 is 0. The van der Waals surface area contributed by atoms with Gasteiger partial charge in [-0.1, -0.05) is 30.1 Å². The summed E-state index contributed by atoms with van der Waals surface area (Å²) in [5.41, 5.74) is 0.401. The van der Waals surface area contributed by atoms with Crippen LogP contribution in [-0.4, -0.2) is 17.3 Å². The van der Waals surface area contributed by atoms with E-state index in [2.05, 4.69) is 12.2 Å². The highest BCUT2D eigenvalue weighted by Crippen LogP contribution is 2.32. The second-order valence-corrected chi connectivity index (χ2v) is 7.02. The molecule has 0 heterocycles. The van der Waals surface area contributed by atoms with Crippen molar-refractivity contribution in [3.8, 4) is 0 Å². The Hall–Kier alpha value is -0.280. The zero-order chi connectivity index (χ0) is 14.8. The molecule has 2 rings (SSSR count). The number of rotatable bonds is 4. The van der Waals surface area contributed by atoms with Gasteiger partial charge in [-0.3, -0.25) is 0 Å². The summed E-state index contributed by atoms with van der Waals surface area (Å²) in [4.78, 5) is 0. The van der Waals surface area contributed by atoms with Gasteiger partial charge >= 0.3 is 0 Å². The molecule has 0 spiro atoms. The van der Waals surface area contributed by atoms with Crippen molar-refractivity contribution in [2.24, 2.45) is 5.92 Å². The smallest absolute Gasteiger partial charge is 0.0772 e. The lowest BCUT2D eigenvalue weighted by Crippen LogP contribution is -2.44. The topological polar surface area (TPSA) is 32.3 Å². The van der Waals surface area contributed by atoms with Crippen LogP contribution in [0.25, 0.3) is 0 Å². The van der Waals surface area contributed by atoms with Crippen LogP contribution in [0.5, 0.6) is 0 Å². The van der Waals surface area contributed by atoms with Crippen molar-refractivity contribution < 1.29 is 5.11 Å². The minimum atomic E-state index is -0.578. The van der Waals surface area contributed by atoms with Crippen LogP contribution in [0.2, 0.25) is 10.0 Å². The quantitative estimate of drug-likeness (QED) is 0.852. The summed E-state index contributed by atoms with van der Waals surface area (Å²) in [5, 5.41) is 15.4. The minimum Gasteiger partial charge on any atom is -0.389 e. The third-order valence-electron chi connectivity index (χ3n) is 4.37. The molecule has 1 aromatic rings. The molecule has 0 bridgehead atoms. The lowest BCUT2D eigenvalue weighted by Gasteiger charge is -2.36. The maximum Gasteiger partial charge on any atom is 0.0772 e. The molecule has 1 aliphatic carbocycles. The van der Waals surface area contributed by atoms with E-state index >= 15 is 0 Å². The predicted molar refractivity (Wildman–Crippen MR) is 85.5 cm³/mol. The molecule has 20 heavy (non-hydrogen) atoms. The molecule has 2 nitrogen and oxygen atoms in total. The number of hydrogen-bond acceptors (Lipinski definition) is 2. The summed E-state index contributed by atoms with van der Waals surface area (Å²) in [7, 11) is 0. The molecule has 2 N–H and O–H groups in total. The van der Waals surface area contributed by atoms with E-state index in [-0.39, 0.29) is 6.04 Å². The molecule has 112 valence electrons. The van der Waals surface area contributed by atoms with Gasteiger partial charge in [0, 0.05) is 22.6 Å². The van der Waals surface area contributed by atoms with Crippen LogP contribution in [0, 0.1) is 5.92 Å². The summed E-state index contributed by atoms with van der Waals surface area (Å²) in [5.74, 6) is 0.732. The summed E-state index contributed by atoms with van der Waals surface area (Å²) in [6.07, 6.45) is 3.95. The molecular weight excluding hydrogens is 293 g/mol. The Labute approximate surface area is 131 Å². The highest BCUT2D eigenvalue weighted by Gasteiger charge is 2.31. The van der Waals surface area contributed by atoms with E-state index in [9.17, 15) is 5.11 Å². The lowest BCUT2D eigenvalue weighted by molar-refractivity contribution is -0.00783. The van der Waals surface area contributed by atoms with Gasteiger partial charge in [-0.2, -0.15) is 0 Å². The highest BCUT2D eigenvalue weighted by molar-refractivity contribution is 6.33. The number of aliphatic hydroxyl groups is 1. The van der Waals surface area contributed by atoms with Crippen LogP contribution < -0.4 is 5.32 Å². The third kappa shape index (κ3) is 4.11. The number of nitrogens with one attached hydrogen (secondary N) is 1. The largest absolute Gasteiger partial charge is 0.389 e. The first-order chi connectivity index (χ1) is 9.39. The Morgan fingerprint density at radius 1 is 1.35 bits per heavy atom. The average Bonchev–Trinajstić information content (AvgIpc) is 2.43. The summed E-state index contributed by atoms with van der Waals surface area (Å²) in [6.45, 7) is 4.90. The van der Waals surface area contributed by atoms with Crippen molar-refractivity contribution >= 4 is 23.2 Å². The van der Waals surface area contributed by atoms with E-state index in [1.165, 1.54) is 0 Å². The van der Waals surface area contributed by atoms with Crippen LogP contribution in [-0.2, 0) is 0 Å². The standard InChI is InChI=1S/C16H23Cl2NO/c1-11-5-7-16(20,8-6-11)10-19-12(2)14-9-13(17)3-4-15(14)18/h3-4,9,11-12,19-20H,5-8,10H2,1-2H3. The predicted octanol–water partition coefficient (Wildman–Crippen LogP) is 4.59. The Kier molecular flexibility index (Phi) is 5.36. The van der Waals surface area contributed by atoms with Crippen LogP contribution >= 0.6 is 23.2 Å². The molecule has 1 atom stereocenters. The van der Waals surface area contributed by atoms with E-state index in [1.807, 2.05) is 19.1 Å². The molecule has 0 amide bonds. The fraction of sp³-hybridized carbons (Fsp3) is 0.625. The Morgan fingerprint density at radius 2 is 2.00 bits per heavy atom. The Bertz CT molecular complexity index is 456. The molecule has 0 radical (unpaired) electrons. The van der Waals surface area contributed by atoms with Gasteiger partial charge in [-0.05, 0) is 62.3 Å². The fourth-order valence-electron chi connectivity index (χ4n) is 2.78. The summed E-state index contributed by atoms with van der Waals surface area (Å²) in [6, 6.07) is 5.56. The van der Waals surface area contributed by atoms with E-state index in [0.29, 0.717) is 16.6 Å². The zero-order valence-corrected chi connectivity index (χ0v) is 13.6. The van der Waals surface area contributed by atoms with Crippen LogP contribution in [0.15, 0.2) is 18.2 Å². The number of hydrogen-bond donors (Lipinski definition) is 2. The molecular formula is C16H23Cl2NO. The second kappa shape index (κ2) is 6.65. The lowest BCUT2D eigenvalue weighted by atomic mass is 9.79. The van der Waals surface area contributed by atoms with Gasteiger partial charge in [-0.25, -0.2) is 0 Å². The van der Waals surface area contributed by atoms with Crippen LogP contribution in [0.1, 0.15) is 51.1 Å². The van der Waals surface area contributed by atoms with Gasteiger partial charge in [-0.15, -0.1) is 0 Å². The van der Waals surface area contributed by atoms with Crippen molar-refractivity contribution in [3.63, 3.8) is 0 Å². The zero-order valence-electron chi connectivity index (χ0n) is 12.1. The number of benzene rings is 1. The maximum absolute atomic E-state index is 10.6. The van der Waals surface area contributed by atoms with Gasteiger partial charge in [0.05, 0.1) is 5.60 Å². The maximum atomic E-state index is 10.6. The molecule has 1 aliphatic rings. The van der Waals surface area contributed by atoms with Crippen molar-refractivity contribution in [2.45, 2.75) is 51.2 Å². The molecule has 1 unspecified atom stereocenters. The van der Waals surface area contributed by atoms with Crippen molar-refractivity contribution in [1.29, 1.82) is 0 Å². The third-order valence-corrected chi connectivity index (χ3v) is 4.95. The van der Waals surface area contributed by atoms with Gasteiger partial charge in [0.15, 0.2) is 0 Å². The van der Waals surface area contributed by atoms with Crippen LogP contribution in [0.3, 0.4) is 0 Å². The van der Waals surface area contributed by atoms with Gasteiger partial charge in [0.2, 0.25) is 0 Å². The van der Waals surface area contributed by atoms with E-state index in [1.54, 1.807) is 6.07 Å². The first-order valence-corrected chi connectivity index (χ1v) is 8.06. The molecule has 0 saturated heterocycles. The number of halogens is 2.